The van der Waals surface area contributed by atoms with Crippen molar-refractivity contribution in [2.45, 2.75) is 0 Å². The SMILES string of the molecule is c1ccc(-c2ccc(-c3nccc4ccccc34)cc2)nc1. The van der Waals surface area contributed by atoms with Crippen LogP contribution in [0.4, 0.5) is 0 Å². The first-order chi connectivity index (χ1) is 10.9. The monoisotopic (exact) mass is 282 g/mol. The van der Waals surface area contributed by atoms with Crippen LogP contribution in [0, 0.1) is 0 Å². The summed E-state index contributed by atoms with van der Waals surface area (Å²) < 4.78 is 0. The van der Waals surface area contributed by atoms with Gasteiger partial charge in [0.15, 0.2) is 0 Å². The third-order valence-corrected chi connectivity index (χ3v) is 3.79. The zero-order valence-corrected chi connectivity index (χ0v) is 12.0. The maximum Gasteiger partial charge on any atom is 0.0780 e. The van der Waals surface area contributed by atoms with E-state index in [0.717, 1.165) is 22.5 Å². The van der Waals surface area contributed by atoms with Crippen LogP contribution in [-0.4, -0.2) is 9.97 Å². The summed E-state index contributed by atoms with van der Waals surface area (Å²) in [6, 6.07) is 24.7. The van der Waals surface area contributed by atoms with Gasteiger partial charge in [-0.05, 0) is 23.6 Å². The second-order valence-electron chi connectivity index (χ2n) is 5.17. The Bertz CT molecular complexity index is 908. The van der Waals surface area contributed by atoms with Crippen LogP contribution >= 0.6 is 0 Å². The van der Waals surface area contributed by atoms with E-state index in [4.69, 9.17) is 0 Å². The molecule has 4 rings (SSSR count). The van der Waals surface area contributed by atoms with Gasteiger partial charge in [0.2, 0.25) is 0 Å². The van der Waals surface area contributed by atoms with Crippen molar-refractivity contribution in [1.29, 1.82) is 0 Å². The molecule has 4 aromatic rings. The highest BCUT2D eigenvalue weighted by Crippen LogP contribution is 2.28. The molecule has 2 nitrogen and oxygen atoms in total. The molecule has 2 heterocycles. The predicted octanol–water partition coefficient (Wildman–Crippen LogP) is 4.96. The standard InChI is InChI=1S/C20H14N2/c1-2-6-18-15(5-1)12-14-22-20(18)17-10-8-16(9-11-17)19-7-3-4-13-21-19/h1-14H. The van der Waals surface area contributed by atoms with Crippen LogP contribution in [0.2, 0.25) is 0 Å². The Balaban J connectivity index is 1.80. The molecule has 0 bridgehead atoms. The Morgan fingerprint density at radius 3 is 2.14 bits per heavy atom. The Kier molecular flexibility index (Phi) is 3.13. The van der Waals surface area contributed by atoms with Gasteiger partial charge in [0, 0.05) is 28.9 Å². The van der Waals surface area contributed by atoms with Crippen LogP contribution < -0.4 is 0 Å². The quantitative estimate of drug-likeness (QED) is 0.519. The Labute approximate surface area is 129 Å². The third kappa shape index (κ3) is 2.25. The average Bonchev–Trinajstić information content (AvgIpc) is 2.62. The minimum atomic E-state index is 0.986. The van der Waals surface area contributed by atoms with Gasteiger partial charge in [0.05, 0.1) is 11.4 Å². The maximum atomic E-state index is 4.56. The molecule has 0 aliphatic carbocycles. The van der Waals surface area contributed by atoms with Gasteiger partial charge < -0.3 is 0 Å². The minimum absolute atomic E-state index is 0.986. The molecule has 2 heteroatoms. The second kappa shape index (κ2) is 5.41. The average molecular weight is 282 g/mol. The number of aromatic nitrogens is 2. The Morgan fingerprint density at radius 1 is 0.545 bits per heavy atom. The van der Waals surface area contributed by atoms with E-state index in [1.165, 1.54) is 10.8 Å². The lowest BCUT2D eigenvalue weighted by Gasteiger charge is -2.07. The fourth-order valence-corrected chi connectivity index (χ4v) is 2.68. The molecular formula is C20H14N2. The van der Waals surface area contributed by atoms with E-state index >= 15 is 0 Å². The van der Waals surface area contributed by atoms with Crippen molar-refractivity contribution in [3.63, 3.8) is 0 Å². The lowest BCUT2D eigenvalue weighted by Crippen LogP contribution is -1.87. The molecule has 0 saturated carbocycles. The number of hydrogen-bond donors (Lipinski definition) is 0. The number of benzene rings is 2. The molecule has 0 amide bonds. The van der Waals surface area contributed by atoms with E-state index in [0.29, 0.717) is 0 Å². The van der Waals surface area contributed by atoms with Crippen LogP contribution in [0.3, 0.4) is 0 Å². The van der Waals surface area contributed by atoms with E-state index in [1.54, 1.807) is 0 Å². The summed E-state index contributed by atoms with van der Waals surface area (Å²) in [7, 11) is 0. The van der Waals surface area contributed by atoms with Crippen molar-refractivity contribution < 1.29 is 0 Å². The second-order valence-corrected chi connectivity index (χ2v) is 5.17. The highest BCUT2D eigenvalue weighted by atomic mass is 14.7. The predicted molar refractivity (Wildman–Crippen MR) is 90.4 cm³/mol. The smallest absolute Gasteiger partial charge is 0.0780 e. The highest BCUT2D eigenvalue weighted by Gasteiger charge is 2.05. The first-order valence-corrected chi connectivity index (χ1v) is 7.27. The van der Waals surface area contributed by atoms with Crippen molar-refractivity contribution in [2.75, 3.05) is 0 Å². The molecule has 0 aliphatic heterocycles. The van der Waals surface area contributed by atoms with Gasteiger partial charge in [-0.15, -0.1) is 0 Å². The topological polar surface area (TPSA) is 25.8 Å². The van der Waals surface area contributed by atoms with Gasteiger partial charge in [-0.1, -0.05) is 54.6 Å². The lowest BCUT2D eigenvalue weighted by molar-refractivity contribution is 1.32. The number of fused-ring (bicyclic) bond motifs is 1. The van der Waals surface area contributed by atoms with Gasteiger partial charge in [-0.3, -0.25) is 9.97 Å². The van der Waals surface area contributed by atoms with E-state index in [1.807, 2.05) is 36.7 Å². The summed E-state index contributed by atoms with van der Waals surface area (Å²) >= 11 is 0. The molecule has 0 saturated heterocycles. The van der Waals surface area contributed by atoms with Crippen LogP contribution in [0.5, 0.6) is 0 Å². The molecule has 0 radical (unpaired) electrons. The van der Waals surface area contributed by atoms with Gasteiger partial charge in [-0.2, -0.15) is 0 Å². The largest absolute Gasteiger partial charge is 0.256 e. The number of hydrogen-bond acceptors (Lipinski definition) is 2. The van der Waals surface area contributed by atoms with Gasteiger partial charge in [-0.25, -0.2) is 0 Å². The van der Waals surface area contributed by atoms with Crippen LogP contribution in [0.1, 0.15) is 0 Å². The molecule has 2 aromatic heterocycles. The highest BCUT2D eigenvalue weighted by molar-refractivity contribution is 5.94. The zero-order chi connectivity index (χ0) is 14.8. The van der Waals surface area contributed by atoms with Crippen molar-refractivity contribution in [1.82, 2.24) is 9.97 Å². The summed E-state index contributed by atoms with van der Waals surface area (Å²) in [4.78, 5) is 8.95. The summed E-state index contributed by atoms with van der Waals surface area (Å²) in [5, 5.41) is 2.39. The molecule has 2 aromatic carbocycles. The normalized spacial score (nSPS) is 10.7. The fourth-order valence-electron chi connectivity index (χ4n) is 2.68. The van der Waals surface area contributed by atoms with E-state index in [2.05, 4.69) is 58.5 Å². The first-order valence-electron chi connectivity index (χ1n) is 7.27. The third-order valence-electron chi connectivity index (χ3n) is 3.79. The number of nitrogens with zero attached hydrogens (tertiary/aromatic N) is 2. The zero-order valence-electron chi connectivity index (χ0n) is 12.0. The van der Waals surface area contributed by atoms with E-state index in [9.17, 15) is 0 Å². The summed E-state index contributed by atoms with van der Waals surface area (Å²) in [5.41, 5.74) is 4.24. The molecule has 22 heavy (non-hydrogen) atoms. The van der Waals surface area contributed by atoms with Crippen LogP contribution in [0.15, 0.2) is 85.2 Å². The molecule has 0 aliphatic rings. The molecule has 0 unspecified atom stereocenters. The van der Waals surface area contributed by atoms with Crippen LogP contribution in [0.25, 0.3) is 33.3 Å². The maximum absolute atomic E-state index is 4.56. The molecule has 104 valence electrons. The van der Waals surface area contributed by atoms with Gasteiger partial charge >= 0.3 is 0 Å². The van der Waals surface area contributed by atoms with Gasteiger partial charge in [0.25, 0.3) is 0 Å². The molecular weight excluding hydrogens is 268 g/mol. The van der Waals surface area contributed by atoms with Crippen molar-refractivity contribution in [3.05, 3.63) is 85.2 Å². The number of rotatable bonds is 2. The first kappa shape index (κ1) is 12.7. The fraction of sp³-hybridized carbons (Fsp3) is 0. The number of pyridine rings is 2. The Morgan fingerprint density at radius 2 is 1.32 bits per heavy atom. The Hall–Kier alpha value is -3.00. The van der Waals surface area contributed by atoms with E-state index in [-0.39, 0.29) is 0 Å². The molecule has 0 fully saturated rings. The van der Waals surface area contributed by atoms with Gasteiger partial charge in [0.1, 0.15) is 0 Å². The molecule has 0 atom stereocenters. The summed E-state index contributed by atoms with van der Waals surface area (Å²) in [6.07, 6.45) is 3.68. The van der Waals surface area contributed by atoms with Crippen molar-refractivity contribution in [2.24, 2.45) is 0 Å². The van der Waals surface area contributed by atoms with E-state index < -0.39 is 0 Å². The molecule has 0 N–H and O–H groups in total. The van der Waals surface area contributed by atoms with Crippen molar-refractivity contribution in [3.8, 4) is 22.5 Å². The van der Waals surface area contributed by atoms with Crippen LogP contribution in [-0.2, 0) is 0 Å². The lowest BCUT2D eigenvalue weighted by atomic mass is 10.0. The van der Waals surface area contributed by atoms with Crippen molar-refractivity contribution >= 4 is 10.8 Å². The summed E-state index contributed by atoms with van der Waals surface area (Å²) in [5.74, 6) is 0. The minimum Gasteiger partial charge on any atom is -0.256 e. The summed E-state index contributed by atoms with van der Waals surface area (Å²) in [6.45, 7) is 0. The molecule has 0 spiro atoms.